The summed E-state index contributed by atoms with van der Waals surface area (Å²) in [5.41, 5.74) is 16.5. The Morgan fingerprint density at radius 1 is 1.53 bits per heavy atom. The van der Waals surface area contributed by atoms with Crippen molar-refractivity contribution in [1.82, 2.24) is 0 Å². The van der Waals surface area contributed by atoms with Crippen LogP contribution in [0, 0.1) is 18.8 Å². The summed E-state index contributed by atoms with van der Waals surface area (Å²) in [6.07, 6.45) is 0.577. The number of hydrogen-bond donors (Lipinski definition) is 1. The van der Waals surface area contributed by atoms with Gasteiger partial charge in [-0.1, -0.05) is 17.0 Å². The van der Waals surface area contributed by atoms with E-state index in [4.69, 9.17) is 11.3 Å². The second-order valence-corrected chi connectivity index (χ2v) is 3.08. The van der Waals surface area contributed by atoms with Gasteiger partial charge >= 0.3 is 0 Å². The molecule has 2 N–H and O–H groups in total. The molecule has 15 heavy (non-hydrogen) atoms. The zero-order valence-electron chi connectivity index (χ0n) is 8.57. The Hall–Kier alpha value is -2.11. The van der Waals surface area contributed by atoms with Crippen molar-refractivity contribution in [2.75, 3.05) is 12.3 Å². The number of nitrogens with zero attached hydrogens (tertiary/aromatic N) is 3. The minimum atomic E-state index is 0.414. The molecule has 1 rings (SSSR count). The fraction of sp³-hybridized carbons (Fsp3) is 0.273. The van der Waals surface area contributed by atoms with E-state index in [2.05, 4.69) is 21.9 Å². The predicted octanol–water partition coefficient (Wildman–Crippen LogP) is 2.63. The monoisotopic (exact) mass is 200 g/mol. The molecule has 1 aromatic rings. The van der Waals surface area contributed by atoms with Crippen LogP contribution in [0.3, 0.4) is 0 Å². The van der Waals surface area contributed by atoms with Gasteiger partial charge in [0.2, 0.25) is 0 Å². The van der Waals surface area contributed by atoms with E-state index < -0.39 is 0 Å². The first-order chi connectivity index (χ1) is 7.24. The summed E-state index contributed by atoms with van der Waals surface area (Å²) < 4.78 is 0. The largest absolute Gasteiger partial charge is 0.399 e. The maximum absolute atomic E-state index is 8.05. The highest BCUT2D eigenvalue weighted by Crippen LogP contribution is 2.11. The van der Waals surface area contributed by atoms with E-state index in [1.165, 1.54) is 0 Å². The zero-order valence-corrected chi connectivity index (χ0v) is 8.57. The predicted molar refractivity (Wildman–Crippen MR) is 61.1 cm³/mol. The van der Waals surface area contributed by atoms with Crippen molar-refractivity contribution < 1.29 is 0 Å². The molecule has 0 atom stereocenters. The lowest BCUT2D eigenvalue weighted by molar-refractivity contribution is 1.01. The molecule has 4 heteroatoms. The number of aryl methyl sites for hydroxylation is 1. The molecular weight excluding hydrogens is 188 g/mol. The SMILES string of the molecule is Cc1cc(C#CCCN=[N+]=[N-])ccc1N. The highest BCUT2D eigenvalue weighted by molar-refractivity contribution is 5.51. The summed E-state index contributed by atoms with van der Waals surface area (Å²) in [4.78, 5) is 2.65. The van der Waals surface area contributed by atoms with Crippen molar-refractivity contribution in [1.29, 1.82) is 0 Å². The van der Waals surface area contributed by atoms with Crippen LogP contribution >= 0.6 is 0 Å². The standard InChI is InChI=1S/C11H12N4/c1-9-8-10(5-6-11(9)12)4-2-3-7-14-15-13/h5-6,8H,3,7,12H2,1H3. The van der Waals surface area contributed by atoms with E-state index in [1.807, 2.05) is 25.1 Å². The normalized spacial score (nSPS) is 8.60. The van der Waals surface area contributed by atoms with Gasteiger partial charge < -0.3 is 5.73 Å². The molecule has 0 radical (unpaired) electrons. The molecule has 0 saturated carbocycles. The van der Waals surface area contributed by atoms with Gasteiger partial charge in [-0.15, -0.1) is 0 Å². The van der Waals surface area contributed by atoms with E-state index in [0.29, 0.717) is 13.0 Å². The van der Waals surface area contributed by atoms with Crippen molar-refractivity contribution in [2.45, 2.75) is 13.3 Å². The van der Waals surface area contributed by atoms with E-state index in [9.17, 15) is 0 Å². The number of benzene rings is 1. The van der Waals surface area contributed by atoms with Crippen LogP contribution in [0.1, 0.15) is 17.5 Å². The third-order valence-electron chi connectivity index (χ3n) is 1.90. The minimum Gasteiger partial charge on any atom is -0.399 e. The number of nitrogens with two attached hydrogens (primary N) is 1. The lowest BCUT2D eigenvalue weighted by Gasteiger charge is -1.98. The van der Waals surface area contributed by atoms with Gasteiger partial charge in [0.25, 0.3) is 0 Å². The third kappa shape index (κ3) is 3.63. The van der Waals surface area contributed by atoms with Crippen molar-refractivity contribution in [2.24, 2.45) is 5.11 Å². The molecule has 0 aliphatic carbocycles. The Labute approximate surface area is 88.7 Å². The van der Waals surface area contributed by atoms with Crippen LogP contribution in [0.5, 0.6) is 0 Å². The molecule has 0 bridgehead atoms. The van der Waals surface area contributed by atoms with Crippen LogP contribution in [0.4, 0.5) is 5.69 Å². The zero-order chi connectivity index (χ0) is 11.1. The first kappa shape index (κ1) is 11.0. The number of azide groups is 1. The van der Waals surface area contributed by atoms with Crippen LogP contribution in [-0.2, 0) is 0 Å². The van der Waals surface area contributed by atoms with Crippen molar-refractivity contribution in [3.8, 4) is 11.8 Å². The van der Waals surface area contributed by atoms with Gasteiger partial charge in [0.05, 0.1) is 0 Å². The quantitative estimate of drug-likeness (QED) is 0.195. The van der Waals surface area contributed by atoms with E-state index in [0.717, 1.165) is 16.8 Å². The fourth-order valence-corrected chi connectivity index (χ4v) is 1.07. The number of nitrogen functional groups attached to an aromatic ring is 1. The average Bonchev–Trinajstić information content (AvgIpc) is 2.23. The molecule has 0 heterocycles. The summed E-state index contributed by atoms with van der Waals surface area (Å²) in [6.45, 7) is 2.36. The highest BCUT2D eigenvalue weighted by atomic mass is 15.1. The summed E-state index contributed by atoms with van der Waals surface area (Å²) in [6, 6.07) is 5.66. The first-order valence-electron chi connectivity index (χ1n) is 4.60. The minimum absolute atomic E-state index is 0.414. The number of hydrogen-bond acceptors (Lipinski definition) is 2. The summed E-state index contributed by atoms with van der Waals surface area (Å²) in [5, 5.41) is 3.39. The van der Waals surface area contributed by atoms with Gasteiger partial charge in [0.1, 0.15) is 0 Å². The van der Waals surface area contributed by atoms with Crippen LogP contribution in [0.2, 0.25) is 0 Å². The Morgan fingerprint density at radius 3 is 3.00 bits per heavy atom. The first-order valence-corrected chi connectivity index (χ1v) is 4.60. The molecular formula is C11H12N4. The van der Waals surface area contributed by atoms with Crippen LogP contribution in [0.25, 0.3) is 10.4 Å². The van der Waals surface area contributed by atoms with Gasteiger partial charge in [-0.25, -0.2) is 0 Å². The van der Waals surface area contributed by atoms with Gasteiger partial charge in [-0.2, -0.15) is 0 Å². The van der Waals surface area contributed by atoms with E-state index in [-0.39, 0.29) is 0 Å². The molecule has 0 saturated heterocycles. The van der Waals surface area contributed by atoms with Gasteiger partial charge in [0.15, 0.2) is 0 Å². The fourth-order valence-electron chi connectivity index (χ4n) is 1.07. The molecule has 0 aliphatic rings. The molecule has 0 spiro atoms. The Kier molecular flexibility index (Phi) is 4.08. The molecule has 1 aromatic carbocycles. The summed E-state index contributed by atoms with van der Waals surface area (Å²) in [5.74, 6) is 5.91. The molecule has 4 nitrogen and oxygen atoms in total. The number of rotatable bonds is 2. The van der Waals surface area contributed by atoms with E-state index >= 15 is 0 Å². The molecule has 0 amide bonds. The Morgan fingerprint density at radius 2 is 2.33 bits per heavy atom. The van der Waals surface area contributed by atoms with Crippen LogP contribution in [0.15, 0.2) is 23.3 Å². The molecule has 0 aliphatic heterocycles. The molecule has 0 unspecified atom stereocenters. The van der Waals surface area contributed by atoms with Crippen LogP contribution < -0.4 is 5.73 Å². The summed E-state index contributed by atoms with van der Waals surface area (Å²) in [7, 11) is 0. The maximum atomic E-state index is 8.05. The Bertz CT molecular complexity index is 447. The Balaban J connectivity index is 2.64. The third-order valence-corrected chi connectivity index (χ3v) is 1.90. The van der Waals surface area contributed by atoms with Crippen LogP contribution in [-0.4, -0.2) is 6.54 Å². The molecule has 76 valence electrons. The molecule has 0 fully saturated rings. The van der Waals surface area contributed by atoms with Crippen molar-refractivity contribution in [3.63, 3.8) is 0 Å². The van der Waals surface area contributed by atoms with Gasteiger partial charge in [-0.05, 0) is 36.2 Å². The number of anilines is 1. The maximum Gasteiger partial charge on any atom is 0.0367 e. The van der Waals surface area contributed by atoms with Crippen molar-refractivity contribution in [3.05, 3.63) is 39.8 Å². The lowest BCUT2D eigenvalue weighted by atomic mass is 10.1. The topological polar surface area (TPSA) is 74.8 Å². The lowest BCUT2D eigenvalue weighted by Crippen LogP contribution is -1.89. The summed E-state index contributed by atoms with van der Waals surface area (Å²) >= 11 is 0. The average molecular weight is 200 g/mol. The van der Waals surface area contributed by atoms with Crippen molar-refractivity contribution >= 4 is 5.69 Å². The second-order valence-electron chi connectivity index (χ2n) is 3.08. The van der Waals surface area contributed by atoms with Gasteiger partial charge in [0, 0.05) is 29.1 Å². The van der Waals surface area contributed by atoms with E-state index in [1.54, 1.807) is 0 Å². The smallest absolute Gasteiger partial charge is 0.0367 e. The highest BCUT2D eigenvalue weighted by Gasteiger charge is 1.92. The molecule has 0 aromatic heterocycles. The second kappa shape index (κ2) is 5.58. The van der Waals surface area contributed by atoms with Gasteiger partial charge in [-0.3, -0.25) is 0 Å².